The number of rotatable bonds is 7. The monoisotopic (exact) mass is 284 g/mol. The fourth-order valence-corrected chi connectivity index (χ4v) is 3.10. The molecule has 1 aromatic carbocycles. The molecule has 0 aliphatic rings. The van der Waals surface area contributed by atoms with Crippen LogP contribution in [0.2, 0.25) is 0 Å². The van der Waals surface area contributed by atoms with Crippen molar-refractivity contribution in [2.45, 2.75) is 32.4 Å². The lowest BCUT2D eigenvalue weighted by Crippen LogP contribution is -2.40. The van der Waals surface area contributed by atoms with Crippen LogP contribution < -0.4 is 9.62 Å². The minimum absolute atomic E-state index is 0.440. The average molecular weight is 284 g/mol. The third-order valence-corrected chi connectivity index (χ3v) is 5.27. The highest BCUT2D eigenvalue weighted by atomic mass is 32.2. The first kappa shape index (κ1) is 16.0. The number of hydrogen-bond donors (Lipinski definition) is 1. The summed E-state index contributed by atoms with van der Waals surface area (Å²) in [7, 11) is -1.71. The molecule has 0 aliphatic heterocycles. The standard InChI is InChI=1S/C14H24N2O2S/c1-5-9-15-11-13(3)19(17,18)16(4)14-8-6-7-12(2)10-14/h6-8,10,13,15H,5,9,11H2,1-4H3. The number of nitrogens with one attached hydrogen (secondary N) is 1. The first-order chi connectivity index (χ1) is 8.89. The summed E-state index contributed by atoms with van der Waals surface area (Å²) in [6, 6.07) is 7.52. The molecular formula is C14H24N2O2S. The second kappa shape index (κ2) is 6.91. The van der Waals surface area contributed by atoms with E-state index < -0.39 is 15.3 Å². The molecule has 0 radical (unpaired) electrons. The van der Waals surface area contributed by atoms with Crippen LogP contribution in [0, 0.1) is 6.92 Å². The Morgan fingerprint density at radius 1 is 1.37 bits per heavy atom. The van der Waals surface area contributed by atoms with Crippen molar-refractivity contribution in [3.8, 4) is 0 Å². The Kier molecular flexibility index (Phi) is 5.82. The molecule has 1 unspecified atom stereocenters. The Bertz CT molecular complexity index is 500. The van der Waals surface area contributed by atoms with Crippen LogP contribution >= 0.6 is 0 Å². The predicted octanol–water partition coefficient (Wildman–Crippen LogP) is 2.15. The second-order valence-electron chi connectivity index (χ2n) is 4.87. The number of aryl methyl sites for hydroxylation is 1. The molecule has 0 aliphatic carbocycles. The Morgan fingerprint density at radius 3 is 2.63 bits per heavy atom. The van der Waals surface area contributed by atoms with Gasteiger partial charge in [-0.2, -0.15) is 0 Å². The van der Waals surface area contributed by atoms with Gasteiger partial charge >= 0.3 is 0 Å². The highest BCUT2D eigenvalue weighted by Gasteiger charge is 2.25. The van der Waals surface area contributed by atoms with Gasteiger partial charge in [-0.3, -0.25) is 4.31 Å². The fraction of sp³-hybridized carbons (Fsp3) is 0.571. The second-order valence-corrected chi connectivity index (χ2v) is 7.25. The maximum absolute atomic E-state index is 12.4. The van der Waals surface area contributed by atoms with Crippen molar-refractivity contribution in [1.82, 2.24) is 5.32 Å². The van der Waals surface area contributed by atoms with Gasteiger partial charge in [0.05, 0.1) is 10.9 Å². The maximum atomic E-state index is 12.4. The van der Waals surface area contributed by atoms with Crippen LogP contribution in [0.3, 0.4) is 0 Å². The molecule has 0 aromatic heterocycles. The number of hydrogen-bond acceptors (Lipinski definition) is 3. The summed E-state index contributed by atoms with van der Waals surface area (Å²) in [5.74, 6) is 0. The van der Waals surface area contributed by atoms with Crippen LogP contribution in [0.4, 0.5) is 5.69 Å². The van der Waals surface area contributed by atoms with Gasteiger partial charge in [0.2, 0.25) is 10.0 Å². The summed E-state index contributed by atoms with van der Waals surface area (Å²) in [4.78, 5) is 0. The third kappa shape index (κ3) is 4.21. The fourth-order valence-electron chi connectivity index (χ4n) is 1.83. The summed E-state index contributed by atoms with van der Waals surface area (Å²) >= 11 is 0. The van der Waals surface area contributed by atoms with Crippen LogP contribution in [-0.2, 0) is 10.0 Å². The topological polar surface area (TPSA) is 49.4 Å². The van der Waals surface area contributed by atoms with Crippen LogP contribution in [-0.4, -0.2) is 33.8 Å². The van der Waals surface area contributed by atoms with Gasteiger partial charge in [-0.15, -0.1) is 0 Å². The smallest absolute Gasteiger partial charge is 0.238 e. The Morgan fingerprint density at radius 2 is 2.05 bits per heavy atom. The number of sulfonamides is 1. The van der Waals surface area contributed by atoms with E-state index in [4.69, 9.17) is 0 Å². The van der Waals surface area contributed by atoms with Crippen LogP contribution in [0.5, 0.6) is 0 Å². The lowest BCUT2D eigenvalue weighted by molar-refractivity contribution is 0.569. The average Bonchev–Trinajstić information content (AvgIpc) is 2.37. The van der Waals surface area contributed by atoms with Crippen LogP contribution in [0.15, 0.2) is 24.3 Å². The molecule has 0 bridgehead atoms. The number of anilines is 1. The van der Waals surface area contributed by atoms with Crippen molar-refractivity contribution < 1.29 is 8.42 Å². The summed E-state index contributed by atoms with van der Waals surface area (Å²) < 4.78 is 26.2. The van der Waals surface area contributed by atoms with Gasteiger partial charge in [-0.1, -0.05) is 19.1 Å². The summed E-state index contributed by atoms with van der Waals surface area (Å²) in [5, 5.41) is 2.71. The van der Waals surface area contributed by atoms with E-state index in [9.17, 15) is 8.42 Å². The Balaban J connectivity index is 2.81. The molecule has 5 heteroatoms. The van der Waals surface area contributed by atoms with Gasteiger partial charge in [0, 0.05) is 13.6 Å². The summed E-state index contributed by atoms with van der Waals surface area (Å²) in [6.07, 6.45) is 1.00. The quantitative estimate of drug-likeness (QED) is 0.781. The number of benzene rings is 1. The van der Waals surface area contributed by atoms with Crippen molar-refractivity contribution in [2.24, 2.45) is 0 Å². The van der Waals surface area contributed by atoms with Gasteiger partial charge in [0.15, 0.2) is 0 Å². The van der Waals surface area contributed by atoms with E-state index in [1.54, 1.807) is 14.0 Å². The number of nitrogens with zero attached hydrogens (tertiary/aromatic N) is 1. The maximum Gasteiger partial charge on any atom is 0.238 e. The molecule has 1 N–H and O–H groups in total. The van der Waals surface area contributed by atoms with Gasteiger partial charge in [0.25, 0.3) is 0 Å². The minimum Gasteiger partial charge on any atom is -0.315 e. The normalized spacial score (nSPS) is 13.3. The van der Waals surface area contributed by atoms with E-state index in [0.717, 1.165) is 18.5 Å². The molecule has 1 atom stereocenters. The largest absolute Gasteiger partial charge is 0.315 e. The van der Waals surface area contributed by atoms with Gasteiger partial charge in [0.1, 0.15) is 0 Å². The molecular weight excluding hydrogens is 260 g/mol. The molecule has 0 saturated heterocycles. The molecule has 0 amide bonds. The highest BCUT2D eigenvalue weighted by molar-refractivity contribution is 7.93. The zero-order valence-corrected chi connectivity index (χ0v) is 13.0. The van der Waals surface area contributed by atoms with E-state index >= 15 is 0 Å². The zero-order chi connectivity index (χ0) is 14.5. The van der Waals surface area contributed by atoms with Crippen molar-refractivity contribution >= 4 is 15.7 Å². The van der Waals surface area contributed by atoms with Crippen LogP contribution in [0.1, 0.15) is 25.8 Å². The van der Waals surface area contributed by atoms with Crippen molar-refractivity contribution in [3.63, 3.8) is 0 Å². The molecule has 19 heavy (non-hydrogen) atoms. The highest BCUT2D eigenvalue weighted by Crippen LogP contribution is 2.19. The zero-order valence-electron chi connectivity index (χ0n) is 12.2. The Labute approximate surface area is 116 Å². The molecule has 0 spiro atoms. The molecule has 1 aromatic rings. The van der Waals surface area contributed by atoms with Crippen molar-refractivity contribution in [1.29, 1.82) is 0 Å². The van der Waals surface area contributed by atoms with E-state index in [2.05, 4.69) is 12.2 Å². The Hall–Kier alpha value is -1.07. The first-order valence-corrected chi connectivity index (χ1v) is 8.15. The van der Waals surface area contributed by atoms with E-state index in [1.165, 1.54) is 4.31 Å². The third-order valence-electron chi connectivity index (χ3n) is 3.11. The molecule has 0 fully saturated rings. The lowest BCUT2D eigenvalue weighted by Gasteiger charge is -2.24. The molecule has 4 nitrogen and oxygen atoms in total. The molecule has 1 rings (SSSR count). The molecule has 0 heterocycles. The van der Waals surface area contributed by atoms with Crippen LogP contribution in [0.25, 0.3) is 0 Å². The SMILES string of the molecule is CCCNCC(C)S(=O)(=O)N(C)c1cccc(C)c1. The molecule has 108 valence electrons. The first-order valence-electron chi connectivity index (χ1n) is 6.64. The lowest BCUT2D eigenvalue weighted by atomic mass is 10.2. The van der Waals surface area contributed by atoms with Crippen molar-refractivity contribution in [3.05, 3.63) is 29.8 Å². The van der Waals surface area contributed by atoms with E-state index in [-0.39, 0.29) is 0 Å². The van der Waals surface area contributed by atoms with E-state index in [0.29, 0.717) is 12.2 Å². The van der Waals surface area contributed by atoms with Gasteiger partial charge in [-0.25, -0.2) is 8.42 Å². The molecule has 0 saturated carbocycles. The van der Waals surface area contributed by atoms with Crippen molar-refractivity contribution in [2.75, 3.05) is 24.4 Å². The minimum atomic E-state index is -3.32. The van der Waals surface area contributed by atoms with E-state index in [1.807, 2.05) is 31.2 Å². The van der Waals surface area contributed by atoms with Gasteiger partial charge < -0.3 is 5.32 Å². The summed E-state index contributed by atoms with van der Waals surface area (Å²) in [5.41, 5.74) is 1.76. The summed E-state index contributed by atoms with van der Waals surface area (Å²) in [6.45, 7) is 7.08. The van der Waals surface area contributed by atoms with Gasteiger partial charge in [-0.05, 0) is 44.5 Å². The predicted molar refractivity (Wildman–Crippen MR) is 81.1 cm³/mol.